The summed E-state index contributed by atoms with van der Waals surface area (Å²) in [6.07, 6.45) is -19.8. The van der Waals surface area contributed by atoms with E-state index in [4.69, 9.17) is 52.4 Å². The number of aliphatic hydroxyl groups excluding tert-OH is 8. The van der Waals surface area contributed by atoms with Crippen LogP contribution in [0, 0.1) is 12.8 Å². The third-order valence-electron chi connectivity index (χ3n) is 19.3. The molecule has 0 bridgehead atoms. The molecular formula is C67H103N21O23S3. The van der Waals surface area contributed by atoms with Crippen molar-refractivity contribution in [1.29, 1.82) is 0 Å². The van der Waals surface area contributed by atoms with Gasteiger partial charge in [0.25, 0.3) is 11.8 Å². The number of thiazole rings is 2. The van der Waals surface area contributed by atoms with E-state index in [-0.39, 0.29) is 78.0 Å². The molecule has 10 unspecified atom stereocenters. The first-order valence-corrected chi connectivity index (χ1v) is 39.7. The number of primary amides is 3. The van der Waals surface area contributed by atoms with Gasteiger partial charge < -0.3 is 151 Å². The first-order chi connectivity index (χ1) is 54.3. The molecule has 8 heterocycles. The van der Waals surface area contributed by atoms with Gasteiger partial charge in [0.2, 0.25) is 35.4 Å². The molecule has 29 N–H and O–H groups in total. The number of ether oxygens (including phenoxy) is 5. The van der Waals surface area contributed by atoms with Crippen molar-refractivity contribution < 1.29 is 112 Å². The Hall–Kier alpha value is -8.60. The van der Waals surface area contributed by atoms with Crippen LogP contribution in [0.3, 0.4) is 0 Å². The number of carbonyl (C=O) groups is 10. The number of unbranched alkanes of at least 4 members (excludes halogenated alkanes) is 2. The summed E-state index contributed by atoms with van der Waals surface area (Å²) in [5.74, 6) is -7.89. The smallest absolute Gasteiger partial charge is 0.404 e. The lowest BCUT2D eigenvalue weighted by atomic mass is 9.96. The molecule has 0 aromatic carbocycles. The maximum absolute atomic E-state index is 15.3. The normalized spacial score (nSPS) is 25.0. The summed E-state index contributed by atoms with van der Waals surface area (Å²) < 4.78 is 28.8. The number of rotatable bonds is 45. The van der Waals surface area contributed by atoms with Gasteiger partial charge in [-0.25, -0.2) is 34.5 Å². The standard InChI is InChI=1S/C67H103N21O23S3/c1-27-43(84-57(88-55(27)70)32(18-40(69)92)78-19-31(68)56(71)99)61(103)86-46(52(33-20-74-26-79-33)109-65-54(50(97)48(95)37(21-89)108-65)110-64-51(98)53(111-66(72)105)49(96)38(22-90)107-64)62(104)80-29(3)47(94)28(2)58(100)85-44(30(4)91)60(102)77-17-12-42-81-36(25-113-42)63-82-35(24-114-63)59(101)76-16-9-14-73-13-7-8-15-75-41(93)11-6-5-10-39-45-34(23-112-39)83-67(106)87-45/h20,24-26,28-32,34,37-39,44-54,64-65,73,78,89-91,94-98H,5-19,21-23,68H2,1-4H3,(H2,69,92)(H2,71,99)(H2,72,105)(H,74,79)(H,75,93)(H,76,101)(H,77,102)(H,80,104)(H,85,100)(H,86,103)(H2,70,84,88)(H2,83,87,106)/t28-,29+,30+,31-,32-,34-,37?,38?,39-,44-,45-,46-,47-,48?,49?,50?,51?,52-,53?,54?,64?,65?/m0/s1. The fourth-order valence-electron chi connectivity index (χ4n) is 12.7. The molecule has 4 saturated heterocycles. The predicted octanol–water partition coefficient (Wildman–Crippen LogP) is -7.37. The molecular weight excluding hydrogens is 1560 g/mol. The number of nitrogens with one attached hydrogen (secondary N) is 11. The van der Waals surface area contributed by atoms with Crippen molar-refractivity contribution in [3.63, 3.8) is 0 Å². The highest BCUT2D eigenvalue weighted by molar-refractivity contribution is 8.00. The number of aromatic nitrogens is 6. The van der Waals surface area contributed by atoms with E-state index < -0.39 is 183 Å². The minimum Gasteiger partial charge on any atom is -0.441 e. The number of hydrogen-bond acceptors (Lipinski definition) is 35. The molecule has 0 radical (unpaired) electrons. The van der Waals surface area contributed by atoms with Gasteiger partial charge in [0.05, 0.1) is 84.8 Å². The van der Waals surface area contributed by atoms with Crippen LogP contribution in [-0.2, 0) is 58.9 Å². The van der Waals surface area contributed by atoms with Gasteiger partial charge in [-0.2, -0.15) is 11.8 Å². The highest BCUT2D eigenvalue weighted by Gasteiger charge is 2.54. The zero-order chi connectivity index (χ0) is 83.2. The molecule has 4 aliphatic heterocycles. The number of aliphatic hydroxyl groups is 8. The Morgan fingerprint density at radius 2 is 1.45 bits per heavy atom. The summed E-state index contributed by atoms with van der Waals surface area (Å²) in [5, 5.41) is 121. The van der Waals surface area contributed by atoms with Gasteiger partial charge in [-0.05, 0) is 66.0 Å². The highest BCUT2D eigenvalue weighted by atomic mass is 32.2. The van der Waals surface area contributed by atoms with E-state index in [1.54, 1.807) is 10.8 Å². The van der Waals surface area contributed by atoms with Crippen molar-refractivity contribution in [2.24, 2.45) is 28.9 Å². The predicted molar refractivity (Wildman–Crippen MR) is 404 cm³/mol. The monoisotopic (exact) mass is 1670 g/mol. The number of H-pyrrole nitrogens is 1. The van der Waals surface area contributed by atoms with Gasteiger partial charge in [0.1, 0.15) is 94.6 Å². The van der Waals surface area contributed by atoms with Crippen molar-refractivity contribution in [2.75, 3.05) is 64.0 Å². The SMILES string of the molecule is Cc1c(N)nc([C@H](CC(N)=O)NC[C@H](N)C(N)=O)nc1C(=O)N[C@H](C(=O)N[C@H](C)[C@@H](O)[C@H](C)C(=O)N[C@H](C(=O)NCCc1nc(-c2nc(C(=O)NCCCNCCCCNC(=O)CCCC[C@@H]3SC[C@@H]4NC(=O)N[C@@H]43)cs2)cs1)[C@@H](C)O)[C@@H](OC1OC(CO)C(O)C(O)C1OC1OC(CO)C(O)C(OC(N)=O)C1O)c1cnc[nH]1. The zero-order valence-corrected chi connectivity index (χ0v) is 65.2. The molecule has 4 aromatic heterocycles. The van der Waals surface area contributed by atoms with E-state index in [9.17, 15) is 84.0 Å². The Bertz CT molecular complexity index is 3890. The number of imidazole rings is 1. The van der Waals surface area contributed by atoms with Crippen LogP contribution < -0.4 is 81.8 Å². The quantitative estimate of drug-likeness (QED) is 0.0144. The number of carbonyl (C=O) groups excluding carboxylic acids is 10. The highest BCUT2D eigenvalue weighted by Crippen LogP contribution is 2.36. The Balaban J connectivity index is 0.871. The molecule has 0 aliphatic carbocycles. The molecule has 44 nitrogen and oxygen atoms in total. The molecule has 4 aromatic rings. The minimum atomic E-state index is -2.21. The van der Waals surface area contributed by atoms with Gasteiger partial charge in [-0.15, -0.1) is 22.7 Å². The molecule has 47 heteroatoms. The second-order valence-electron chi connectivity index (χ2n) is 27.8. The van der Waals surface area contributed by atoms with Crippen LogP contribution in [0.15, 0.2) is 23.3 Å². The zero-order valence-electron chi connectivity index (χ0n) is 62.8. The Morgan fingerprint density at radius 3 is 2.14 bits per heavy atom. The number of nitrogen functional groups attached to an aromatic ring is 1. The van der Waals surface area contributed by atoms with E-state index in [1.807, 2.05) is 11.8 Å². The summed E-state index contributed by atoms with van der Waals surface area (Å²) in [6, 6.07) is -7.67. The van der Waals surface area contributed by atoms with E-state index in [1.165, 1.54) is 50.4 Å². The molecule has 22 atom stereocenters. The van der Waals surface area contributed by atoms with E-state index >= 15 is 4.79 Å². The van der Waals surface area contributed by atoms with Gasteiger partial charge in [-0.3, -0.25) is 38.4 Å². The van der Waals surface area contributed by atoms with Crippen molar-refractivity contribution in [2.45, 2.75) is 213 Å². The van der Waals surface area contributed by atoms with Gasteiger partial charge in [0, 0.05) is 72.8 Å². The van der Waals surface area contributed by atoms with E-state index in [0.717, 1.165) is 56.9 Å². The average Bonchev–Trinajstić information content (AvgIpc) is 1.32. The molecule has 4 aliphatic rings. The van der Waals surface area contributed by atoms with E-state index in [2.05, 4.69) is 83.1 Å². The Labute approximate surface area is 665 Å². The molecule has 114 heavy (non-hydrogen) atoms. The lowest BCUT2D eigenvalue weighted by Gasteiger charge is -2.47. The summed E-state index contributed by atoms with van der Waals surface area (Å²) >= 11 is 4.34. The summed E-state index contributed by atoms with van der Waals surface area (Å²) in [5.41, 5.74) is 28.0. The number of nitrogens with zero attached hydrogens (tertiary/aromatic N) is 5. The third-order valence-corrected chi connectivity index (χ3v) is 22.5. The van der Waals surface area contributed by atoms with Crippen molar-refractivity contribution >= 4 is 99.6 Å². The largest absolute Gasteiger partial charge is 0.441 e. The summed E-state index contributed by atoms with van der Waals surface area (Å²) in [7, 11) is 0. The van der Waals surface area contributed by atoms with Crippen molar-refractivity contribution in [1.82, 2.24) is 83.1 Å². The first-order valence-electron chi connectivity index (χ1n) is 36.9. The van der Waals surface area contributed by atoms with Gasteiger partial charge >= 0.3 is 12.1 Å². The van der Waals surface area contributed by atoms with Crippen molar-refractivity contribution in [3.05, 3.63) is 56.8 Å². The molecule has 0 spiro atoms. The maximum Gasteiger partial charge on any atom is 0.404 e. The second kappa shape index (κ2) is 43.4. The van der Waals surface area contributed by atoms with Gasteiger partial charge in [0.15, 0.2) is 18.7 Å². The molecule has 632 valence electrons. The van der Waals surface area contributed by atoms with E-state index in [0.29, 0.717) is 53.4 Å². The number of nitrogens with two attached hydrogens (primary N) is 5. The maximum atomic E-state index is 15.3. The van der Waals surface area contributed by atoms with Gasteiger partial charge in [-0.1, -0.05) is 13.3 Å². The lowest BCUT2D eigenvalue weighted by Crippen LogP contribution is -2.65. The topological polar surface area (TPSA) is 709 Å². The number of fused-ring (bicyclic) bond motifs is 1. The Morgan fingerprint density at radius 1 is 0.737 bits per heavy atom. The van der Waals surface area contributed by atoms with Crippen LogP contribution in [0.25, 0.3) is 10.7 Å². The van der Waals surface area contributed by atoms with Crippen LogP contribution in [0.1, 0.15) is 127 Å². The molecule has 11 amide bonds. The van der Waals surface area contributed by atoms with Crippen LogP contribution >= 0.6 is 34.4 Å². The third kappa shape index (κ3) is 25.0. The fourth-order valence-corrected chi connectivity index (χ4v) is 15.9. The number of urea groups is 1. The van der Waals surface area contributed by atoms with Crippen molar-refractivity contribution in [3.8, 4) is 10.7 Å². The first kappa shape index (κ1) is 90.9. The number of anilines is 1. The molecule has 4 fully saturated rings. The number of aromatic amines is 1. The number of thioether (sulfide) groups is 1. The second-order valence-corrected chi connectivity index (χ2v) is 30.9. The van der Waals surface area contributed by atoms with Crippen LogP contribution in [0.2, 0.25) is 0 Å². The molecule has 0 saturated carbocycles. The average molecular weight is 1670 g/mol. The van der Waals surface area contributed by atoms with Crippen LogP contribution in [-0.4, -0.2) is 303 Å². The summed E-state index contributed by atoms with van der Waals surface area (Å²) in [4.78, 5) is 156. The lowest BCUT2D eigenvalue weighted by molar-refractivity contribution is -0.372. The molecule has 8 rings (SSSR count). The van der Waals surface area contributed by atoms with Crippen LogP contribution in [0.5, 0.6) is 0 Å². The Kier molecular flexibility index (Phi) is 34.6. The number of hydrogen-bond donors (Lipinski definition) is 24. The fraction of sp³-hybridized carbons (Fsp3) is 0.657. The number of amides is 11. The minimum absolute atomic E-state index is 0.0319. The van der Waals surface area contributed by atoms with Crippen LogP contribution in [0.4, 0.5) is 15.4 Å². The summed E-state index contributed by atoms with van der Waals surface area (Å²) in [6.45, 7) is 4.99.